The van der Waals surface area contributed by atoms with Gasteiger partial charge in [-0.15, -0.1) is 0 Å². The lowest BCUT2D eigenvalue weighted by molar-refractivity contribution is -0.384. The smallest absolute Gasteiger partial charge is 0.270 e. The van der Waals surface area contributed by atoms with Crippen molar-refractivity contribution in [3.05, 3.63) is 70.4 Å². The zero-order chi connectivity index (χ0) is 20.6. The summed E-state index contributed by atoms with van der Waals surface area (Å²) in [5.41, 5.74) is 0.872. The Kier molecular flexibility index (Phi) is 4.81. The molecule has 0 unspecified atom stereocenters. The van der Waals surface area contributed by atoms with E-state index in [1.54, 1.807) is 41.3 Å². The largest absolute Gasteiger partial charge is 0.360 e. The van der Waals surface area contributed by atoms with Crippen molar-refractivity contribution in [2.75, 3.05) is 26.2 Å². The molecular formula is C19H18N4O5S. The Bertz CT molecular complexity index is 1180. The van der Waals surface area contributed by atoms with Gasteiger partial charge in [0.15, 0.2) is 0 Å². The number of benzene rings is 2. The standard InChI is InChI=1S/C19H18N4O5S/c24-19(17-13-20-18-7-6-14(23(25)26)12-16(17)18)21-8-10-22(11-9-21)29(27,28)15-4-2-1-3-5-15/h1-7,12-13,20H,8-11H2. The number of carbonyl (C=O) groups is 1. The van der Waals surface area contributed by atoms with Gasteiger partial charge in [0.05, 0.1) is 15.4 Å². The molecule has 1 amide bonds. The van der Waals surface area contributed by atoms with Crippen molar-refractivity contribution in [2.24, 2.45) is 0 Å². The number of hydrogen-bond donors (Lipinski definition) is 1. The summed E-state index contributed by atoms with van der Waals surface area (Å²) in [7, 11) is -3.60. The number of hydrogen-bond acceptors (Lipinski definition) is 5. The highest BCUT2D eigenvalue weighted by molar-refractivity contribution is 7.89. The maximum atomic E-state index is 13.0. The van der Waals surface area contributed by atoms with Crippen LogP contribution in [0.5, 0.6) is 0 Å². The first kappa shape index (κ1) is 19.1. The molecule has 29 heavy (non-hydrogen) atoms. The summed E-state index contributed by atoms with van der Waals surface area (Å²) in [5.74, 6) is -0.284. The number of aromatic nitrogens is 1. The van der Waals surface area contributed by atoms with Crippen LogP contribution in [0.3, 0.4) is 0 Å². The van der Waals surface area contributed by atoms with E-state index < -0.39 is 14.9 Å². The third kappa shape index (κ3) is 3.47. The number of non-ortho nitro benzene ring substituents is 1. The Labute approximate surface area is 166 Å². The number of aromatic amines is 1. The number of piperazine rings is 1. The molecule has 1 saturated heterocycles. The number of amides is 1. The Morgan fingerprint density at radius 3 is 2.38 bits per heavy atom. The summed E-state index contributed by atoms with van der Waals surface area (Å²) in [6.07, 6.45) is 1.53. The van der Waals surface area contributed by atoms with Crippen LogP contribution in [-0.4, -0.2) is 59.6 Å². The van der Waals surface area contributed by atoms with Gasteiger partial charge in [0.1, 0.15) is 0 Å². The normalized spacial score (nSPS) is 15.5. The number of sulfonamides is 1. The lowest BCUT2D eigenvalue weighted by atomic mass is 10.1. The molecule has 0 spiro atoms. The van der Waals surface area contributed by atoms with Crippen LogP contribution in [0.25, 0.3) is 10.9 Å². The second-order valence-electron chi connectivity index (χ2n) is 6.70. The van der Waals surface area contributed by atoms with Gasteiger partial charge in [-0.2, -0.15) is 4.31 Å². The third-order valence-corrected chi connectivity index (χ3v) is 6.93. The summed E-state index contributed by atoms with van der Waals surface area (Å²) < 4.78 is 26.8. The van der Waals surface area contributed by atoms with Gasteiger partial charge in [0, 0.05) is 55.4 Å². The van der Waals surface area contributed by atoms with E-state index >= 15 is 0 Å². The predicted octanol–water partition coefficient (Wildman–Crippen LogP) is 2.22. The van der Waals surface area contributed by atoms with E-state index in [-0.39, 0.29) is 42.7 Å². The Morgan fingerprint density at radius 1 is 1.03 bits per heavy atom. The highest BCUT2D eigenvalue weighted by Crippen LogP contribution is 2.25. The van der Waals surface area contributed by atoms with Crippen molar-refractivity contribution in [3.8, 4) is 0 Å². The molecule has 4 rings (SSSR count). The first-order valence-electron chi connectivity index (χ1n) is 8.98. The number of nitrogens with zero attached hydrogens (tertiary/aromatic N) is 3. The molecule has 1 aromatic heterocycles. The minimum Gasteiger partial charge on any atom is -0.360 e. The van der Waals surface area contributed by atoms with E-state index in [2.05, 4.69) is 4.98 Å². The van der Waals surface area contributed by atoms with Crippen LogP contribution in [0.4, 0.5) is 5.69 Å². The van der Waals surface area contributed by atoms with E-state index in [0.717, 1.165) is 0 Å². The second-order valence-corrected chi connectivity index (χ2v) is 8.64. The van der Waals surface area contributed by atoms with Crippen molar-refractivity contribution < 1.29 is 18.1 Å². The van der Waals surface area contributed by atoms with Gasteiger partial charge in [0.25, 0.3) is 11.6 Å². The molecular weight excluding hydrogens is 396 g/mol. The molecule has 0 atom stereocenters. The van der Waals surface area contributed by atoms with Crippen LogP contribution in [0.1, 0.15) is 10.4 Å². The van der Waals surface area contributed by atoms with Crippen LogP contribution in [0.2, 0.25) is 0 Å². The SMILES string of the molecule is O=C(c1c[nH]c2ccc([N+](=O)[O-])cc12)N1CCN(S(=O)(=O)c2ccccc2)CC1. The van der Waals surface area contributed by atoms with Crippen LogP contribution < -0.4 is 0 Å². The average Bonchev–Trinajstić information content (AvgIpc) is 3.17. The molecule has 2 heterocycles. The van der Waals surface area contributed by atoms with E-state index in [4.69, 9.17) is 0 Å². The maximum Gasteiger partial charge on any atom is 0.270 e. The molecule has 9 nitrogen and oxygen atoms in total. The Morgan fingerprint density at radius 2 is 1.72 bits per heavy atom. The Balaban J connectivity index is 1.52. The summed E-state index contributed by atoms with van der Waals surface area (Å²) in [6, 6.07) is 12.5. The average molecular weight is 414 g/mol. The molecule has 10 heteroatoms. The highest BCUT2D eigenvalue weighted by Gasteiger charge is 2.31. The van der Waals surface area contributed by atoms with Gasteiger partial charge in [-0.1, -0.05) is 18.2 Å². The van der Waals surface area contributed by atoms with Crippen molar-refractivity contribution in [3.63, 3.8) is 0 Å². The predicted molar refractivity (Wildman–Crippen MR) is 106 cm³/mol. The first-order chi connectivity index (χ1) is 13.9. The summed E-state index contributed by atoms with van der Waals surface area (Å²) in [6.45, 7) is 0.857. The van der Waals surface area contributed by atoms with E-state index in [0.29, 0.717) is 16.5 Å². The quantitative estimate of drug-likeness (QED) is 0.519. The number of fused-ring (bicyclic) bond motifs is 1. The van der Waals surface area contributed by atoms with Crippen molar-refractivity contribution >= 4 is 32.5 Å². The Hall–Kier alpha value is -3.24. The van der Waals surface area contributed by atoms with Gasteiger partial charge < -0.3 is 9.88 Å². The zero-order valence-corrected chi connectivity index (χ0v) is 16.1. The lowest BCUT2D eigenvalue weighted by Crippen LogP contribution is -2.50. The maximum absolute atomic E-state index is 13.0. The molecule has 1 N–H and O–H groups in total. The molecule has 3 aromatic rings. The number of H-pyrrole nitrogens is 1. The third-order valence-electron chi connectivity index (χ3n) is 5.01. The fraction of sp³-hybridized carbons (Fsp3) is 0.211. The molecule has 0 radical (unpaired) electrons. The van der Waals surface area contributed by atoms with Crippen LogP contribution in [0, 0.1) is 10.1 Å². The lowest BCUT2D eigenvalue weighted by Gasteiger charge is -2.34. The summed E-state index contributed by atoms with van der Waals surface area (Å²) >= 11 is 0. The molecule has 0 saturated carbocycles. The summed E-state index contributed by atoms with van der Waals surface area (Å²) in [4.78, 5) is 28.2. The molecule has 1 fully saturated rings. The fourth-order valence-corrected chi connectivity index (χ4v) is 4.89. The van der Waals surface area contributed by atoms with Crippen molar-refractivity contribution in [1.29, 1.82) is 0 Å². The topological polar surface area (TPSA) is 117 Å². The fourth-order valence-electron chi connectivity index (χ4n) is 3.44. The van der Waals surface area contributed by atoms with Gasteiger partial charge in [-0.25, -0.2) is 8.42 Å². The number of nitrogens with one attached hydrogen (secondary N) is 1. The minimum absolute atomic E-state index is 0.0927. The van der Waals surface area contributed by atoms with E-state index in [1.807, 2.05) is 0 Å². The van der Waals surface area contributed by atoms with Gasteiger partial charge >= 0.3 is 0 Å². The zero-order valence-electron chi connectivity index (χ0n) is 15.3. The molecule has 1 aliphatic rings. The van der Waals surface area contributed by atoms with E-state index in [1.165, 1.54) is 22.6 Å². The number of carbonyl (C=O) groups excluding carboxylic acids is 1. The molecule has 2 aromatic carbocycles. The minimum atomic E-state index is -3.60. The van der Waals surface area contributed by atoms with Crippen molar-refractivity contribution in [2.45, 2.75) is 4.90 Å². The van der Waals surface area contributed by atoms with Crippen LogP contribution in [-0.2, 0) is 10.0 Å². The number of nitro benzene ring substituents is 1. The monoisotopic (exact) mass is 414 g/mol. The number of nitro groups is 1. The molecule has 1 aliphatic heterocycles. The van der Waals surface area contributed by atoms with Gasteiger partial charge in [-0.05, 0) is 18.2 Å². The molecule has 150 valence electrons. The van der Waals surface area contributed by atoms with E-state index in [9.17, 15) is 23.3 Å². The molecule has 0 bridgehead atoms. The second kappa shape index (κ2) is 7.30. The van der Waals surface area contributed by atoms with Crippen LogP contribution in [0.15, 0.2) is 59.6 Å². The van der Waals surface area contributed by atoms with Gasteiger partial charge in [0.2, 0.25) is 10.0 Å². The summed E-state index contributed by atoms with van der Waals surface area (Å²) in [5, 5.41) is 11.5. The van der Waals surface area contributed by atoms with Gasteiger partial charge in [-0.3, -0.25) is 14.9 Å². The number of rotatable bonds is 4. The van der Waals surface area contributed by atoms with Crippen molar-refractivity contribution in [1.82, 2.24) is 14.2 Å². The highest BCUT2D eigenvalue weighted by atomic mass is 32.2. The molecule has 0 aliphatic carbocycles. The first-order valence-corrected chi connectivity index (χ1v) is 10.4. The van der Waals surface area contributed by atoms with Crippen LogP contribution >= 0.6 is 0 Å².